The van der Waals surface area contributed by atoms with Crippen molar-refractivity contribution in [3.63, 3.8) is 0 Å². The third kappa shape index (κ3) is 4.30. The number of aromatic hydroxyl groups is 1. The molecule has 0 spiro atoms. The number of nitrogen functional groups attached to an aromatic ring is 1. The second kappa shape index (κ2) is 7.27. The third-order valence-corrected chi connectivity index (χ3v) is 4.54. The first-order chi connectivity index (χ1) is 12.0. The molecule has 3 rings (SSSR count). The van der Waals surface area contributed by atoms with E-state index in [2.05, 4.69) is 5.32 Å². The highest BCUT2D eigenvalue weighted by atomic mass is 32.2. The van der Waals surface area contributed by atoms with Crippen LogP contribution in [0.5, 0.6) is 5.75 Å². The quantitative estimate of drug-likeness (QED) is 0.602. The fraction of sp³-hybridized carbons (Fsp3) is 0. The molecule has 0 aliphatic heterocycles. The Morgan fingerprint density at radius 3 is 2.32 bits per heavy atom. The lowest BCUT2D eigenvalue weighted by molar-refractivity contribution is 0.102. The number of anilines is 2. The number of halogens is 1. The monoisotopic (exact) mass is 354 g/mol. The van der Waals surface area contributed by atoms with Gasteiger partial charge in [0.05, 0.1) is 0 Å². The van der Waals surface area contributed by atoms with Crippen molar-refractivity contribution in [1.29, 1.82) is 0 Å². The summed E-state index contributed by atoms with van der Waals surface area (Å²) in [6.07, 6.45) is 0. The van der Waals surface area contributed by atoms with Crippen molar-refractivity contribution in [2.75, 3.05) is 11.1 Å². The van der Waals surface area contributed by atoms with Gasteiger partial charge < -0.3 is 16.2 Å². The Hall–Kier alpha value is -2.99. The normalized spacial score (nSPS) is 10.4. The van der Waals surface area contributed by atoms with Gasteiger partial charge in [-0.25, -0.2) is 4.39 Å². The molecule has 3 aromatic carbocycles. The molecule has 4 N–H and O–H groups in total. The lowest BCUT2D eigenvalue weighted by atomic mass is 10.2. The van der Waals surface area contributed by atoms with Gasteiger partial charge in [-0.1, -0.05) is 11.8 Å². The van der Waals surface area contributed by atoms with E-state index in [1.165, 1.54) is 36.0 Å². The molecule has 0 heterocycles. The van der Waals surface area contributed by atoms with Crippen LogP contribution >= 0.6 is 11.8 Å². The molecule has 1 amide bonds. The maximum Gasteiger partial charge on any atom is 0.255 e. The fourth-order valence-corrected chi connectivity index (χ4v) is 3.00. The second-order valence-corrected chi connectivity index (χ2v) is 6.42. The maximum atomic E-state index is 12.9. The molecule has 126 valence electrons. The predicted molar refractivity (Wildman–Crippen MR) is 97.4 cm³/mol. The minimum Gasteiger partial charge on any atom is -0.508 e. The largest absolute Gasteiger partial charge is 0.508 e. The van der Waals surface area contributed by atoms with Gasteiger partial charge in [0.2, 0.25) is 0 Å². The smallest absolute Gasteiger partial charge is 0.255 e. The fourth-order valence-electron chi connectivity index (χ4n) is 2.16. The molecule has 3 aromatic rings. The van der Waals surface area contributed by atoms with Crippen molar-refractivity contribution in [2.24, 2.45) is 0 Å². The van der Waals surface area contributed by atoms with E-state index in [4.69, 9.17) is 5.73 Å². The van der Waals surface area contributed by atoms with E-state index >= 15 is 0 Å². The van der Waals surface area contributed by atoms with Crippen molar-refractivity contribution in [2.45, 2.75) is 9.79 Å². The molecule has 25 heavy (non-hydrogen) atoms. The molecule has 0 atom stereocenters. The Balaban J connectivity index is 1.73. The first kappa shape index (κ1) is 16.9. The highest BCUT2D eigenvalue weighted by Gasteiger charge is 2.10. The SMILES string of the molecule is Nc1cc(C(=O)Nc2ccc(F)cc2)ccc1Sc1ccc(O)cc1. The van der Waals surface area contributed by atoms with Crippen LogP contribution < -0.4 is 11.1 Å². The van der Waals surface area contributed by atoms with Crippen LogP contribution in [-0.4, -0.2) is 11.0 Å². The molecule has 4 nitrogen and oxygen atoms in total. The highest BCUT2D eigenvalue weighted by Crippen LogP contribution is 2.33. The number of nitrogens with one attached hydrogen (secondary N) is 1. The van der Waals surface area contributed by atoms with E-state index in [0.717, 1.165) is 9.79 Å². The summed E-state index contributed by atoms with van der Waals surface area (Å²) in [4.78, 5) is 14.0. The van der Waals surface area contributed by atoms with Crippen molar-refractivity contribution in [3.05, 3.63) is 78.1 Å². The summed E-state index contributed by atoms with van der Waals surface area (Å²) in [5.41, 5.74) is 7.45. The molecule has 0 aliphatic rings. The average molecular weight is 354 g/mol. The van der Waals surface area contributed by atoms with Gasteiger partial charge in [0.15, 0.2) is 0 Å². The number of hydrogen-bond acceptors (Lipinski definition) is 4. The lowest BCUT2D eigenvalue weighted by Crippen LogP contribution is -2.12. The number of carbonyl (C=O) groups is 1. The van der Waals surface area contributed by atoms with Crippen LogP contribution in [0, 0.1) is 5.82 Å². The molecule has 0 unspecified atom stereocenters. The minimum atomic E-state index is -0.363. The van der Waals surface area contributed by atoms with E-state index in [0.29, 0.717) is 16.9 Å². The standard InChI is InChI=1S/C19H15FN2O2S/c20-13-2-4-14(5-3-13)22-19(24)12-1-10-18(17(21)11-12)25-16-8-6-15(23)7-9-16/h1-11,23H,21H2,(H,22,24). The van der Waals surface area contributed by atoms with E-state index in [-0.39, 0.29) is 17.5 Å². The molecule has 0 aliphatic carbocycles. The number of hydrogen-bond donors (Lipinski definition) is 3. The number of benzene rings is 3. The Morgan fingerprint density at radius 2 is 1.68 bits per heavy atom. The minimum absolute atomic E-state index is 0.199. The van der Waals surface area contributed by atoms with E-state index in [1.54, 1.807) is 42.5 Å². The molecule has 0 aromatic heterocycles. The molecule has 0 bridgehead atoms. The zero-order chi connectivity index (χ0) is 17.8. The van der Waals surface area contributed by atoms with Gasteiger partial charge in [-0.2, -0.15) is 0 Å². The summed E-state index contributed by atoms with van der Waals surface area (Å²) in [6.45, 7) is 0. The summed E-state index contributed by atoms with van der Waals surface area (Å²) >= 11 is 1.44. The van der Waals surface area contributed by atoms with Gasteiger partial charge in [0.25, 0.3) is 5.91 Å². The molecule has 0 saturated carbocycles. The summed E-state index contributed by atoms with van der Waals surface area (Å²) in [6, 6.07) is 17.4. The van der Waals surface area contributed by atoms with Crippen LogP contribution in [0.4, 0.5) is 15.8 Å². The van der Waals surface area contributed by atoms with Crippen LogP contribution in [0.2, 0.25) is 0 Å². The first-order valence-corrected chi connectivity index (χ1v) is 8.26. The lowest BCUT2D eigenvalue weighted by Gasteiger charge is -2.09. The molecule has 0 saturated heterocycles. The van der Waals surface area contributed by atoms with Crippen LogP contribution in [0.1, 0.15) is 10.4 Å². The van der Waals surface area contributed by atoms with Crippen molar-refractivity contribution < 1.29 is 14.3 Å². The zero-order valence-corrected chi connectivity index (χ0v) is 13.9. The predicted octanol–water partition coefficient (Wildman–Crippen LogP) is 4.52. The Kier molecular flexibility index (Phi) is 4.90. The second-order valence-electron chi connectivity index (χ2n) is 5.31. The van der Waals surface area contributed by atoms with E-state index in [1.807, 2.05) is 0 Å². The van der Waals surface area contributed by atoms with Gasteiger partial charge in [0, 0.05) is 26.7 Å². The molecule has 0 fully saturated rings. The molecule has 0 radical (unpaired) electrons. The van der Waals surface area contributed by atoms with Crippen molar-refractivity contribution >= 4 is 29.0 Å². The number of amides is 1. The van der Waals surface area contributed by atoms with E-state index < -0.39 is 0 Å². The molecule has 6 heteroatoms. The Bertz CT molecular complexity index is 896. The van der Waals surface area contributed by atoms with Crippen LogP contribution in [0.25, 0.3) is 0 Å². The first-order valence-electron chi connectivity index (χ1n) is 7.44. The van der Waals surface area contributed by atoms with Gasteiger partial charge in [-0.3, -0.25) is 4.79 Å². The van der Waals surface area contributed by atoms with Crippen LogP contribution in [0.15, 0.2) is 76.5 Å². The van der Waals surface area contributed by atoms with Gasteiger partial charge >= 0.3 is 0 Å². The van der Waals surface area contributed by atoms with Gasteiger partial charge in [-0.05, 0) is 66.7 Å². The molecular formula is C19H15FN2O2S. The van der Waals surface area contributed by atoms with Crippen LogP contribution in [-0.2, 0) is 0 Å². The van der Waals surface area contributed by atoms with Gasteiger partial charge in [0.1, 0.15) is 11.6 Å². The summed E-state index contributed by atoms with van der Waals surface area (Å²) in [7, 11) is 0. The third-order valence-electron chi connectivity index (χ3n) is 3.44. The molecular weight excluding hydrogens is 339 g/mol. The Labute approximate surface area is 148 Å². The number of rotatable bonds is 4. The number of phenolic OH excluding ortho intramolecular Hbond substituents is 1. The van der Waals surface area contributed by atoms with Crippen molar-refractivity contribution in [3.8, 4) is 5.75 Å². The number of phenols is 1. The van der Waals surface area contributed by atoms with Crippen molar-refractivity contribution in [1.82, 2.24) is 0 Å². The van der Waals surface area contributed by atoms with Crippen LogP contribution in [0.3, 0.4) is 0 Å². The highest BCUT2D eigenvalue weighted by molar-refractivity contribution is 7.99. The topological polar surface area (TPSA) is 75.4 Å². The Morgan fingerprint density at radius 1 is 1.00 bits per heavy atom. The van der Waals surface area contributed by atoms with E-state index in [9.17, 15) is 14.3 Å². The summed E-state index contributed by atoms with van der Waals surface area (Å²) in [5.74, 6) is -0.484. The zero-order valence-electron chi connectivity index (χ0n) is 13.1. The number of nitrogens with two attached hydrogens (primary N) is 1. The average Bonchev–Trinajstić information content (AvgIpc) is 2.60. The van der Waals surface area contributed by atoms with Gasteiger partial charge in [-0.15, -0.1) is 0 Å². The maximum absolute atomic E-state index is 12.9. The number of carbonyl (C=O) groups excluding carboxylic acids is 1. The summed E-state index contributed by atoms with van der Waals surface area (Å²) < 4.78 is 12.9. The summed E-state index contributed by atoms with van der Waals surface area (Å²) in [5, 5.41) is 12.0.